The predicted molar refractivity (Wildman–Crippen MR) is 201 cm³/mol. The Labute approximate surface area is 308 Å². The average molecular weight is 739 g/mol. The molecule has 3 aromatic rings. The molecule has 4 bridgehead atoms. The molecule has 0 amide bonds. The van der Waals surface area contributed by atoms with Crippen molar-refractivity contribution < 1.29 is 44.5 Å². The van der Waals surface area contributed by atoms with Gasteiger partial charge in [-0.05, 0) is 97.1 Å². The van der Waals surface area contributed by atoms with Crippen LogP contribution in [-0.4, -0.2) is 69.6 Å². The Balaban J connectivity index is 1.45. The lowest BCUT2D eigenvalue weighted by molar-refractivity contribution is -0.00382. The number of phenolic OH excluding ortho intramolecular Hbond substituents is 3. The second-order valence-corrected chi connectivity index (χ2v) is 17.7. The van der Waals surface area contributed by atoms with Gasteiger partial charge in [0.05, 0.1) is 20.3 Å². The Hall–Kier alpha value is -3.12. The van der Waals surface area contributed by atoms with Gasteiger partial charge < -0.3 is 44.5 Å². The number of aromatic hydroxyl groups is 3. The highest BCUT2D eigenvalue weighted by Crippen LogP contribution is 2.60. The summed E-state index contributed by atoms with van der Waals surface area (Å²) in [5.74, 6) is 2.92. The molecular formula is C40H50O9S2. The molecule has 3 aromatic carbocycles. The third-order valence-corrected chi connectivity index (χ3v) is 14.3. The molecule has 51 heavy (non-hydrogen) atoms. The van der Waals surface area contributed by atoms with Crippen LogP contribution in [-0.2, 0) is 6.42 Å². The van der Waals surface area contributed by atoms with Crippen LogP contribution in [0.15, 0.2) is 30.3 Å². The van der Waals surface area contributed by atoms with Crippen molar-refractivity contribution in [1.82, 2.24) is 0 Å². The fourth-order valence-corrected chi connectivity index (χ4v) is 11.8. The molecule has 0 radical (unpaired) electrons. The van der Waals surface area contributed by atoms with E-state index in [0.717, 1.165) is 65.7 Å². The molecule has 2 heterocycles. The number of benzene rings is 3. The Morgan fingerprint density at radius 2 is 1.76 bits per heavy atom. The van der Waals surface area contributed by atoms with Gasteiger partial charge in [0.25, 0.3) is 0 Å². The van der Waals surface area contributed by atoms with E-state index in [1.807, 2.05) is 39.8 Å². The first-order chi connectivity index (χ1) is 24.6. The van der Waals surface area contributed by atoms with Gasteiger partial charge in [0.15, 0.2) is 17.6 Å². The summed E-state index contributed by atoms with van der Waals surface area (Å²) in [6.45, 7) is 6.82. The van der Waals surface area contributed by atoms with Gasteiger partial charge in [-0.3, -0.25) is 0 Å². The van der Waals surface area contributed by atoms with Crippen molar-refractivity contribution in [3.8, 4) is 51.4 Å². The van der Waals surface area contributed by atoms with Gasteiger partial charge in [0, 0.05) is 39.7 Å². The van der Waals surface area contributed by atoms with Gasteiger partial charge in [-0.2, -0.15) is 0 Å². The quantitative estimate of drug-likeness (QED) is 0.136. The topological polar surface area (TPSA) is 138 Å². The van der Waals surface area contributed by atoms with E-state index in [1.54, 1.807) is 12.1 Å². The molecule has 0 aromatic heterocycles. The molecule has 7 unspecified atom stereocenters. The molecule has 9 nitrogen and oxygen atoms in total. The van der Waals surface area contributed by atoms with Crippen LogP contribution >= 0.6 is 21.6 Å². The number of phenols is 3. The predicted octanol–water partition coefficient (Wildman–Crippen LogP) is 8.08. The van der Waals surface area contributed by atoms with Crippen molar-refractivity contribution in [3.63, 3.8) is 0 Å². The zero-order valence-corrected chi connectivity index (χ0v) is 31.4. The average Bonchev–Trinajstić information content (AvgIpc) is 3.19. The molecule has 276 valence electrons. The number of methoxy groups -OCH3 is 1. The summed E-state index contributed by atoms with van der Waals surface area (Å²) >= 11 is 0. The summed E-state index contributed by atoms with van der Waals surface area (Å²) < 4.78 is 24.6. The minimum Gasteiger partial charge on any atom is -0.508 e. The Bertz CT molecular complexity index is 1750. The standard InChI is InChI=1S/C40H50O9S2/c1-20(2)9-12-47-31-18-28(36(43)40(46-4)37(31)44)39-38(45)35-32-8-5-22(21(3)10-14-50-51-32)15-23-16-27-33(25-7-6-24(42)17-26(23)25)29(48-13-11-41)19-30(49-39)34(27)35/h6-7,17-23,32,35,38-39,41-45H,5,8-16H2,1-4H3. The van der Waals surface area contributed by atoms with Crippen molar-refractivity contribution in [2.45, 2.75) is 88.6 Å². The van der Waals surface area contributed by atoms with E-state index in [0.29, 0.717) is 42.3 Å². The van der Waals surface area contributed by atoms with Crippen LogP contribution in [0.25, 0.3) is 11.1 Å². The van der Waals surface area contributed by atoms with E-state index in [9.17, 15) is 25.5 Å². The fourth-order valence-electron chi connectivity index (χ4n) is 8.67. The monoisotopic (exact) mass is 738 g/mol. The van der Waals surface area contributed by atoms with Gasteiger partial charge >= 0.3 is 0 Å². The summed E-state index contributed by atoms with van der Waals surface area (Å²) in [6.07, 6.45) is 3.38. The Morgan fingerprint density at radius 3 is 2.53 bits per heavy atom. The van der Waals surface area contributed by atoms with Gasteiger partial charge in [-0.1, -0.05) is 48.4 Å². The van der Waals surface area contributed by atoms with E-state index in [2.05, 4.69) is 20.8 Å². The molecular weight excluding hydrogens is 689 g/mol. The second kappa shape index (κ2) is 15.1. The first-order valence-electron chi connectivity index (χ1n) is 18.3. The van der Waals surface area contributed by atoms with Crippen LogP contribution in [0.2, 0.25) is 0 Å². The largest absolute Gasteiger partial charge is 0.508 e. The number of ether oxygens (including phenoxy) is 4. The summed E-state index contributed by atoms with van der Waals surface area (Å²) in [5, 5.41) is 55.9. The lowest BCUT2D eigenvalue weighted by Gasteiger charge is -2.45. The number of aliphatic hydroxyl groups excluding tert-OH is 2. The van der Waals surface area contributed by atoms with E-state index >= 15 is 0 Å². The first kappa shape index (κ1) is 36.2. The highest BCUT2D eigenvalue weighted by molar-refractivity contribution is 8.76. The molecule has 5 N–H and O–H groups in total. The Morgan fingerprint density at radius 1 is 0.961 bits per heavy atom. The summed E-state index contributed by atoms with van der Waals surface area (Å²) in [7, 11) is 5.08. The first-order valence-corrected chi connectivity index (χ1v) is 20.6. The molecule has 7 atom stereocenters. The smallest absolute Gasteiger partial charge is 0.207 e. The number of hydrogen-bond acceptors (Lipinski definition) is 11. The highest BCUT2D eigenvalue weighted by Gasteiger charge is 2.48. The number of hydrogen-bond donors (Lipinski definition) is 5. The molecule has 2 aliphatic carbocycles. The maximum absolute atomic E-state index is 12.7. The molecule has 0 saturated carbocycles. The minimum atomic E-state index is -1.07. The number of rotatable bonds is 9. The zero-order chi connectivity index (χ0) is 36.0. The van der Waals surface area contributed by atoms with Crippen molar-refractivity contribution >= 4 is 21.6 Å². The Kier molecular flexibility index (Phi) is 10.7. The van der Waals surface area contributed by atoms with Crippen LogP contribution in [0.3, 0.4) is 0 Å². The minimum absolute atomic E-state index is 0.0388. The lowest BCUT2D eigenvalue weighted by atomic mass is 9.67. The van der Waals surface area contributed by atoms with E-state index in [1.165, 1.54) is 7.11 Å². The normalized spacial score (nSPS) is 26.7. The van der Waals surface area contributed by atoms with Crippen molar-refractivity contribution in [3.05, 3.63) is 52.6 Å². The van der Waals surface area contributed by atoms with Gasteiger partial charge in [0.1, 0.15) is 30.0 Å². The molecule has 4 aliphatic rings. The third kappa shape index (κ3) is 6.80. The maximum Gasteiger partial charge on any atom is 0.207 e. The zero-order valence-electron chi connectivity index (χ0n) is 29.8. The molecule has 1 saturated heterocycles. The van der Waals surface area contributed by atoms with Gasteiger partial charge in [0.2, 0.25) is 11.5 Å². The van der Waals surface area contributed by atoms with E-state index in [4.69, 9.17) is 18.9 Å². The van der Waals surface area contributed by atoms with Crippen molar-refractivity contribution in [1.29, 1.82) is 0 Å². The fraction of sp³-hybridized carbons (Fsp3) is 0.550. The molecule has 11 heteroatoms. The van der Waals surface area contributed by atoms with Crippen LogP contribution in [0.1, 0.15) is 93.1 Å². The van der Waals surface area contributed by atoms with Crippen molar-refractivity contribution in [2.75, 3.05) is 32.7 Å². The summed E-state index contributed by atoms with van der Waals surface area (Å²) in [6, 6.07) is 9.02. The van der Waals surface area contributed by atoms with Crippen LogP contribution < -0.4 is 18.9 Å². The maximum atomic E-state index is 12.7. The molecule has 1 fully saturated rings. The molecule has 2 aliphatic heterocycles. The summed E-state index contributed by atoms with van der Waals surface area (Å²) in [4.78, 5) is 0. The van der Waals surface area contributed by atoms with Gasteiger partial charge in [-0.15, -0.1) is 0 Å². The van der Waals surface area contributed by atoms with Crippen LogP contribution in [0, 0.1) is 17.8 Å². The lowest BCUT2D eigenvalue weighted by Crippen LogP contribution is -2.41. The summed E-state index contributed by atoms with van der Waals surface area (Å²) in [5.41, 5.74) is 5.30. The van der Waals surface area contributed by atoms with Gasteiger partial charge in [-0.25, -0.2) is 0 Å². The van der Waals surface area contributed by atoms with E-state index < -0.39 is 12.2 Å². The van der Waals surface area contributed by atoms with Crippen LogP contribution in [0.4, 0.5) is 0 Å². The van der Waals surface area contributed by atoms with Crippen molar-refractivity contribution in [2.24, 2.45) is 17.8 Å². The molecule has 7 rings (SSSR count). The van der Waals surface area contributed by atoms with Crippen LogP contribution in [0.5, 0.6) is 40.2 Å². The van der Waals surface area contributed by atoms with E-state index in [-0.39, 0.29) is 64.6 Å². The molecule has 0 spiro atoms. The SMILES string of the molecule is COc1c(O)c(OCCC(C)C)cc(C2Oc3cc(OCCO)c4c5c3C(C3CCC(CC(C5)c5cc(O)ccc5-4)C(C)CCSS3)C2O)c1O. The highest BCUT2D eigenvalue weighted by atomic mass is 33.1. The third-order valence-electron chi connectivity index (χ3n) is 11.4. The second-order valence-electron chi connectivity index (χ2n) is 15.0. The number of fused-ring (bicyclic) bond motifs is 8. The number of aliphatic hydroxyl groups is 2.